The molecule has 36 heavy (non-hydrogen) atoms. The average Bonchev–Trinajstić information content (AvgIpc) is 3.64. The number of halogens is 2. The zero-order valence-electron chi connectivity index (χ0n) is 19.8. The van der Waals surface area contributed by atoms with Gasteiger partial charge < -0.3 is 9.88 Å². The topological polar surface area (TPSA) is 95.1 Å². The van der Waals surface area contributed by atoms with Gasteiger partial charge in [-0.2, -0.15) is 0 Å². The number of carbonyl (C=O) groups is 1. The van der Waals surface area contributed by atoms with Crippen molar-refractivity contribution >= 4 is 45.1 Å². The van der Waals surface area contributed by atoms with E-state index in [1.807, 2.05) is 22.6 Å². The summed E-state index contributed by atoms with van der Waals surface area (Å²) in [5.74, 6) is -0.862. The fourth-order valence-electron chi connectivity index (χ4n) is 4.63. The van der Waals surface area contributed by atoms with Crippen molar-refractivity contribution < 1.29 is 9.18 Å². The Morgan fingerprint density at radius 2 is 1.81 bits per heavy atom. The Labute approximate surface area is 218 Å². The Kier molecular flexibility index (Phi) is 5.93. The number of benzene rings is 2. The third kappa shape index (κ3) is 3.89. The Morgan fingerprint density at radius 1 is 1.08 bits per heavy atom. The monoisotopic (exact) mass is 600 g/mol. The number of aryl methyl sites for hydroxylation is 1. The van der Waals surface area contributed by atoms with Gasteiger partial charge in [0.1, 0.15) is 5.82 Å². The molecular formula is C26H22FIN4O4. The molecule has 0 radical (unpaired) electrons. The Balaban J connectivity index is 2.01. The van der Waals surface area contributed by atoms with Crippen molar-refractivity contribution in [1.82, 2.24) is 13.7 Å². The molecule has 0 saturated heterocycles. The van der Waals surface area contributed by atoms with Crippen molar-refractivity contribution in [3.63, 3.8) is 0 Å². The molecule has 0 unspecified atom stereocenters. The van der Waals surface area contributed by atoms with E-state index in [0.29, 0.717) is 27.8 Å². The number of nitrogens with zero attached hydrogens (tertiary/aromatic N) is 3. The van der Waals surface area contributed by atoms with Crippen LogP contribution in [0.25, 0.3) is 27.8 Å². The molecule has 0 bridgehead atoms. The normalized spacial score (nSPS) is 13.2. The standard InChI is InChI=1S/C26H22FIN4O4/c1-13-22-21(23(30(3)24(13)34)19-10-7-15(28)11-20(19)27)25(35)32(17-8-9-17)26(36)31(22)18-6-4-5-16(12-18)29-14(2)33/h4-7,10-12,17H,8-9H2,1-3H3,(H,29,33). The van der Waals surface area contributed by atoms with Crippen LogP contribution >= 0.6 is 22.6 Å². The molecule has 5 rings (SSSR count). The lowest BCUT2D eigenvalue weighted by Gasteiger charge is -2.20. The van der Waals surface area contributed by atoms with Crippen molar-refractivity contribution in [2.45, 2.75) is 32.7 Å². The molecule has 4 aromatic rings. The molecule has 184 valence electrons. The predicted molar refractivity (Wildman–Crippen MR) is 144 cm³/mol. The lowest BCUT2D eigenvalue weighted by molar-refractivity contribution is -0.114. The Hall–Kier alpha value is -3.54. The second-order valence-corrected chi connectivity index (χ2v) is 10.2. The summed E-state index contributed by atoms with van der Waals surface area (Å²) in [6, 6.07) is 10.9. The van der Waals surface area contributed by atoms with E-state index in [0.717, 1.165) is 0 Å². The summed E-state index contributed by atoms with van der Waals surface area (Å²) in [7, 11) is 1.50. The smallest absolute Gasteiger partial charge is 0.326 e. The lowest BCUT2D eigenvalue weighted by atomic mass is 10.0. The number of pyridine rings is 1. The van der Waals surface area contributed by atoms with Crippen LogP contribution in [0.5, 0.6) is 0 Å². The van der Waals surface area contributed by atoms with Crippen LogP contribution in [-0.4, -0.2) is 19.6 Å². The molecule has 0 atom stereocenters. The maximum atomic E-state index is 15.2. The number of carbonyl (C=O) groups excluding carboxylic acids is 1. The molecule has 0 aliphatic heterocycles. The number of aromatic nitrogens is 3. The Morgan fingerprint density at radius 3 is 2.44 bits per heavy atom. The molecule has 2 heterocycles. The van der Waals surface area contributed by atoms with E-state index in [9.17, 15) is 19.2 Å². The maximum Gasteiger partial charge on any atom is 0.336 e. The van der Waals surface area contributed by atoms with Crippen molar-refractivity contribution in [1.29, 1.82) is 0 Å². The zero-order chi connectivity index (χ0) is 25.9. The second-order valence-electron chi connectivity index (χ2n) is 8.94. The lowest BCUT2D eigenvalue weighted by Crippen LogP contribution is -2.41. The minimum atomic E-state index is -0.583. The van der Waals surface area contributed by atoms with E-state index in [2.05, 4.69) is 5.32 Å². The van der Waals surface area contributed by atoms with Gasteiger partial charge in [0, 0.05) is 40.4 Å². The van der Waals surface area contributed by atoms with Gasteiger partial charge >= 0.3 is 5.69 Å². The molecule has 0 spiro atoms. The molecular weight excluding hydrogens is 578 g/mol. The third-order valence-corrected chi connectivity index (χ3v) is 7.04. The summed E-state index contributed by atoms with van der Waals surface area (Å²) in [4.78, 5) is 52.6. The van der Waals surface area contributed by atoms with Crippen molar-refractivity contribution in [3.05, 3.63) is 88.6 Å². The number of amides is 1. The van der Waals surface area contributed by atoms with E-state index in [-0.39, 0.29) is 39.7 Å². The van der Waals surface area contributed by atoms with Gasteiger partial charge in [-0.3, -0.25) is 23.5 Å². The second kappa shape index (κ2) is 8.84. The zero-order valence-corrected chi connectivity index (χ0v) is 21.9. The summed E-state index contributed by atoms with van der Waals surface area (Å²) in [5, 5.41) is 2.78. The first-order valence-electron chi connectivity index (χ1n) is 11.3. The van der Waals surface area contributed by atoms with Gasteiger partial charge in [0.05, 0.1) is 22.3 Å². The largest absolute Gasteiger partial charge is 0.336 e. The summed E-state index contributed by atoms with van der Waals surface area (Å²) in [5.41, 5.74) is -0.255. The fourth-order valence-corrected chi connectivity index (χ4v) is 5.08. The SMILES string of the molecule is CC(=O)Nc1cccc(-n2c(=O)n(C3CC3)c(=O)c3c(-c4ccc(I)cc4F)n(C)c(=O)c(C)c32)c1. The van der Waals surface area contributed by atoms with E-state index in [1.54, 1.807) is 37.3 Å². The number of hydrogen-bond acceptors (Lipinski definition) is 4. The first kappa shape index (κ1) is 24.2. The highest BCUT2D eigenvalue weighted by Crippen LogP contribution is 2.35. The van der Waals surface area contributed by atoms with Crippen LogP contribution in [0.1, 0.15) is 31.4 Å². The first-order valence-corrected chi connectivity index (χ1v) is 12.4. The van der Waals surface area contributed by atoms with Gasteiger partial charge in [0.2, 0.25) is 5.91 Å². The van der Waals surface area contributed by atoms with Gasteiger partial charge in [-0.25, -0.2) is 9.18 Å². The molecule has 1 amide bonds. The van der Waals surface area contributed by atoms with Crippen molar-refractivity contribution in [2.75, 3.05) is 5.32 Å². The summed E-state index contributed by atoms with van der Waals surface area (Å²) in [6.45, 7) is 2.92. The van der Waals surface area contributed by atoms with Gasteiger partial charge in [-0.15, -0.1) is 0 Å². The number of nitrogens with one attached hydrogen (secondary N) is 1. The highest BCUT2D eigenvalue weighted by Gasteiger charge is 2.32. The van der Waals surface area contributed by atoms with E-state index in [4.69, 9.17) is 0 Å². The van der Waals surface area contributed by atoms with E-state index in [1.165, 1.54) is 39.8 Å². The molecule has 1 aliphatic rings. The predicted octanol–water partition coefficient (Wildman–Crippen LogP) is 3.86. The molecule has 1 fully saturated rings. The molecule has 1 aliphatic carbocycles. The van der Waals surface area contributed by atoms with Crippen LogP contribution < -0.4 is 22.1 Å². The highest BCUT2D eigenvalue weighted by molar-refractivity contribution is 14.1. The van der Waals surface area contributed by atoms with Crippen molar-refractivity contribution in [2.24, 2.45) is 7.05 Å². The van der Waals surface area contributed by atoms with Crippen molar-refractivity contribution in [3.8, 4) is 16.9 Å². The van der Waals surface area contributed by atoms with Gasteiger partial charge in [0.25, 0.3) is 11.1 Å². The Bertz CT molecular complexity index is 1770. The maximum absolute atomic E-state index is 15.2. The van der Waals surface area contributed by atoms with Crippen LogP contribution in [0.4, 0.5) is 10.1 Å². The van der Waals surface area contributed by atoms with Crippen LogP contribution in [0, 0.1) is 16.3 Å². The number of hydrogen-bond donors (Lipinski definition) is 1. The summed E-state index contributed by atoms with van der Waals surface area (Å²) < 4.78 is 19.7. The van der Waals surface area contributed by atoms with Crippen LogP contribution in [0.15, 0.2) is 56.8 Å². The van der Waals surface area contributed by atoms with Crippen LogP contribution in [0.3, 0.4) is 0 Å². The minimum absolute atomic E-state index is 0.0890. The molecule has 1 N–H and O–H groups in total. The number of rotatable bonds is 4. The number of fused-ring (bicyclic) bond motifs is 1. The average molecular weight is 600 g/mol. The van der Waals surface area contributed by atoms with E-state index >= 15 is 4.39 Å². The number of anilines is 1. The summed E-state index contributed by atoms with van der Waals surface area (Å²) in [6.07, 6.45) is 1.34. The minimum Gasteiger partial charge on any atom is -0.326 e. The molecule has 10 heteroatoms. The van der Waals surface area contributed by atoms with Gasteiger partial charge in [-0.1, -0.05) is 6.07 Å². The molecule has 2 aromatic carbocycles. The van der Waals surface area contributed by atoms with Crippen LogP contribution in [0.2, 0.25) is 0 Å². The van der Waals surface area contributed by atoms with Gasteiger partial charge in [0.15, 0.2) is 0 Å². The first-order chi connectivity index (χ1) is 17.1. The molecule has 8 nitrogen and oxygen atoms in total. The molecule has 1 saturated carbocycles. The van der Waals surface area contributed by atoms with Gasteiger partial charge in [-0.05, 0) is 78.8 Å². The quantitative estimate of drug-likeness (QED) is 0.360. The fraction of sp³-hybridized carbons (Fsp3) is 0.231. The van der Waals surface area contributed by atoms with Crippen LogP contribution in [-0.2, 0) is 11.8 Å². The third-order valence-electron chi connectivity index (χ3n) is 6.37. The highest BCUT2D eigenvalue weighted by atomic mass is 127. The van der Waals surface area contributed by atoms with E-state index < -0.39 is 22.6 Å². The molecule has 2 aromatic heterocycles. The summed E-state index contributed by atoms with van der Waals surface area (Å²) >= 11 is 1.99.